The van der Waals surface area contributed by atoms with Gasteiger partial charge in [-0.05, 0) is 35.9 Å². The lowest BCUT2D eigenvalue weighted by Crippen LogP contribution is -2.19. The molecular weight excluding hydrogens is 335 g/mol. The van der Waals surface area contributed by atoms with Crippen LogP contribution in [0.5, 0.6) is 0 Å². The van der Waals surface area contributed by atoms with E-state index >= 15 is 0 Å². The van der Waals surface area contributed by atoms with Crippen LogP contribution in [-0.4, -0.2) is 5.91 Å². The molecule has 3 N–H and O–H groups in total. The summed E-state index contributed by atoms with van der Waals surface area (Å²) in [5, 5.41) is 2.15. The van der Waals surface area contributed by atoms with Gasteiger partial charge < -0.3 is 11.1 Å². The van der Waals surface area contributed by atoms with Gasteiger partial charge in [-0.1, -0.05) is 48.5 Å². The highest BCUT2D eigenvalue weighted by atomic mass is 32.2. The number of rotatable bonds is 5. The van der Waals surface area contributed by atoms with E-state index in [1.165, 1.54) is 17.8 Å². The van der Waals surface area contributed by atoms with Gasteiger partial charge in [0.25, 0.3) is 0 Å². The third kappa shape index (κ3) is 4.39. The molecule has 0 bridgehead atoms. The van der Waals surface area contributed by atoms with Gasteiger partial charge in [-0.25, -0.2) is 4.39 Å². The zero-order valence-electron chi connectivity index (χ0n) is 13.4. The average molecular weight is 352 g/mol. The number of hydrogen-bond acceptors (Lipinski definition) is 3. The summed E-state index contributed by atoms with van der Waals surface area (Å²) >= 11 is 1.37. The number of nitrogens with two attached hydrogens (primary N) is 1. The van der Waals surface area contributed by atoms with Crippen LogP contribution in [0.15, 0.2) is 83.8 Å². The van der Waals surface area contributed by atoms with Crippen LogP contribution in [0.25, 0.3) is 0 Å². The van der Waals surface area contributed by atoms with Gasteiger partial charge in [0.05, 0.1) is 5.69 Å². The van der Waals surface area contributed by atoms with Crippen LogP contribution >= 0.6 is 11.8 Å². The normalized spacial score (nSPS) is 11.7. The molecule has 3 aromatic carbocycles. The Labute approximate surface area is 150 Å². The summed E-state index contributed by atoms with van der Waals surface area (Å²) in [6.07, 6.45) is 0. The topological polar surface area (TPSA) is 55.1 Å². The van der Waals surface area contributed by atoms with Crippen molar-refractivity contribution in [2.24, 2.45) is 0 Å². The number of thioether (sulfide) groups is 1. The lowest BCUT2D eigenvalue weighted by Gasteiger charge is -2.17. The van der Waals surface area contributed by atoms with Gasteiger partial charge in [-0.15, -0.1) is 11.8 Å². The van der Waals surface area contributed by atoms with Crippen molar-refractivity contribution in [2.75, 3.05) is 11.1 Å². The van der Waals surface area contributed by atoms with Crippen LogP contribution < -0.4 is 11.1 Å². The molecule has 126 valence electrons. The third-order valence-corrected chi connectivity index (χ3v) is 4.83. The van der Waals surface area contributed by atoms with Crippen molar-refractivity contribution in [3.05, 3.63) is 90.2 Å². The number of nitrogens with one attached hydrogen (secondary N) is 1. The van der Waals surface area contributed by atoms with Crippen molar-refractivity contribution in [1.82, 2.24) is 0 Å². The van der Waals surface area contributed by atoms with E-state index in [1.54, 1.807) is 24.3 Å². The Morgan fingerprint density at radius 1 is 0.960 bits per heavy atom. The number of carbonyl (C=O) groups excluding carboxylic acids is 1. The van der Waals surface area contributed by atoms with Crippen molar-refractivity contribution in [3.8, 4) is 0 Å². The lowest BCUT2D eigenvalue weighted by molar-refractivity contribution is -0.115. The molecule has 0 aliphatic rings. The maximum atomic E-state index is 13.9. The number of benzene rings is 3. The molecule has 0 aliphatic carbocycles. The number of halogens is 1. The van der Waals surface area contributed by atoms with Crippen LogP contribution in [0.1, 0.15) is 10.8 Å². The molecule has 3 aromatic rings. The van der Waals surface area contributed by atoms with E-state index in [1.807, 2.05) is 48.5 Å². The molecule has 0 radical (unpaired) electrons. The molecule has 0 aliphatic heterocycles. The number of amides is 1. The molecule has 0 spiro atoms. The van der Waals surface area contributed by atoms with Crippen molar-refractivity contribution in [1.29, 1.82) is 0 Å². The fourth-order valence-corrected chi connectivity index (χ4v) is 3.48. The minimum Gasteiger partial charge on any atom is -0.399 e. The summed E-state index contributed by atoms with van der Waals surface area (Å²) in [5.41, 5.74) is 7.46. The average Bonchev–Trinajstić information content (AvgIpc) is 2.62. The standard InChI is InChI=1S/C20H17FN2OS/c21-17-11-4-5-12-18(17)23-20(24)19(14-7-2-1-3-8-14)25-16-10-6-9-15(22)13-16/h1-13,19H,22H2,(H,23,24). The summed E-state index contributed by atoms with van der Waals surface area (Å²) in [4.78, 5) is 13.7. The molecule has 1 unspecified atom stereocenters. The second-order valence-electron chi connectivity index (χ2n) is 5.45. The Balaban J connectivity index is 1.88. The zero-order valence-corrected chi connectivity index (χ0v) is 14.2. The molecule has 0 saturated heterocycles. The Morgan fingerprint density at radius 2 is 1.68 bits per heavy atom. The van der Waals surface area contributed by atoms with Crippen LogP contribution in [0, 0.1) is 5.82 Å². The third-order valence-electron chi connectivity index (χ3n) is 3.58. The van der Waals surface area contributed by atoms with Crippen molar-refractivity contribution >= 4 is 29.0 Å². The molecule has 3 rings (SSSR count). The van der Waals surface area contributed by atoms with Gasteiger partial charge >= 0.3 is 0 Å². The highest BCUT2D eigenvalue weighted by Gasteiger charge is 2.23. The smallest absolute Gasteiger partial charge is 0.242 e. The monoisotopic (exact) mass is 352 g/mol. The van der Waals surface area contributed by atoms with Crippen molar-refractivity contribution < 1.29 is 9.18 Å². The second kappa shape index (κ2) is 7.85. The van der Waals surface area contributed by atoms with Gasteiger partial charge in [0, 0.05) is 10.6 Å². The first-order valence-electron chi connectivity index (χ1n) is 7.76. The Kier molecular flexibility index (Phi) is 5.36. The van der Waals surface area contributed by atoms with Gasteiger partial charge in [-0.2, -0.15) is 0 Å². The van der Waals surface area contributed by atoms with Gasteiger partial charge in [0.1, 0.15) is 11.1 Å². The highest BCUT2D eigenvalue weighted by molar-refractivity contribution is 8.00. The minimum atomic E-state index is -0.525. The molecule has 0 heterocycles. The van der Waals surface area contributed by atoms with Crippen molar-refractivity contribution in [3.63, 3.8) is 0 Å². The van der Waals surface area contributed by atoms with Gasteiger partial charge in [0.2, 0.25) is 5.91 Å². The van der Waals surface area contributed by atoms with Gasteiger partial charge in [0.15, 0.2) is 0 Å². The van der Waals surface area contributed by atoms with E-state index in [0.29, 0.717) is 5.69 Å². The number of hydrogen-bond donors (Lipinski definition) is 2. The predicted molar refractivity (Wildman–Crippen MR) is 101 cm³/mol. The quantitative estimate of drug-likeness (QED) is 0.508. The maximum absolute atomic E-state index is 13.9. The molecule has 0 aromatic heterocycles. The summed E-state index contributed by atoms with van der Waals surface area (Å²) < 4.78 is 13.9. The molecule has 25 heavy (non-hydrogen) atoms. The molecular formula is C20H17FN2OS. The Morgan fingerprint density at radius 3 is 2.40 bits per heavy atom. The molecule has 1 atom stereocenters. The molecule has 0 saturated carbocycles. The van der Waals surface area contributed by atoms with Crippen LogP contribution in [-0.2, 0) is 4.79 Å². The molecule has 1 amide bonds. The predicted octanol–water partition coefficient (Wildman–Crippen LogP) is 4.88. The number of nitrogen functional groups attached to an aromatic ring is 1. The van der Waals surface area contributed by atoms with E-state index in [9.17, 15) is 9.18 Å². The summed E-state index contributed by atoms with van der Waals surface area (Å²) in [7, 11) is 0. The summed E-state index contributed by atoms with van der Waals surface area (Å²) in [6.45, 7) is 0. The van der Waals surface area contributed by atoms with E-state index in [4.69, 9.17) is 5.73 Å². The molecule has 0 fully saturated rings. The summed E-state index contributed by atoms with van der Waals surface area (Å²) in [6, 6.07) is 22.9. The largest absolute Gasteiger partial charge is 0.399 e. The fourth-order valence-electron chi connectivity index (χ4n) is 2.39. The molecule has 3 nitrogen and oxygen atoms in total. The first-order chi connectivity index (χ1) is 12.1. The highest BCUT2D eigenvalue weighted by Crippen LogP contribution is 2.37. The van der Waals surface area contributed by atoms with Crippen LogP contribution in [0.2, 0.25) is 0 Å². The van der Waals surface area contributed by atoms with Crippen molar-refractivity contribution in [2.45, 2.75) is 10.1 Å². The van der Waals surface area contributed by atoms with Gasteiger partial charge in [-0.3, -0.25) is 4.79 Å². The number of para-hydroxylation sites is 1. The fraction of sp³-hybridized carbons (Fsp3) is 0.0500. The Bertz CT molecular complexity index is 870. The first-order valence-corrected chi connectivity index (χ1v) is 8.64. The van der Waals surface area contributed by atoms with E-state index < -0.39 is 11.1 Å². The number of anilines is 2. The van der Waals surface area contributed by atoms with Crippen LogP contribution in [0.4, 0.5) is 15.8 Å². The maximum Gasteiger partial charge on any atom is 0.242 e. The van der Waals surface area contributed by atoms with E-state index in [2.05, 4.69) is 5.32 Å². The zero-order chi connectivity index (χ0) is 17.6. The molecule has 5 heteroatoms. The SMILES string of the molecule is Nc1cccc(SC(C(=O)Nc2ccccc2F)c2ccccc2)c1. The van der Waals surface area contributed by atoms with Crippen LogP contribution in [0.3, 0.4) is 0 Å². The first kappa shape index (κ1) is 17.0. The lowest BCUT2D eigenvalue weighted by atomic mass is 10.1. The Hall–Kier alpha value is -2.79. The number of carbonyl (C=O) groups is 1. The second-order valence-corrected chi connectivity index (χ2v) is 6.63. The minimum absolute atomic E-state index is 0.168. The summed E-state index contributed by atoms with van der Waals surface area (Å²) in [5.74, 6) is -0.750. The van der Waals surface area contributed by atoms with E-state index in [0.717, 1.165) is 10.5 Å². The van der Waals surface area contributed by atoms with E-state index in [-0.39, 0.29) is 11.6 Å².